The van der Waals surface area contributed by atoms with E-state index in [0.717, 1.165) is 5.56 Å². The van der Waals surface area contributed by atoms with Crippen molar-refractivity contribution in [1.29, 1.82) is 0 Å². The fourth-order valence-corrected chi connectivity index (χ4v) is 2.76. The maximum atomic E-state index is 12.1. The molecule has 1 rings (SSSR count). The number of nitrogens with one attached hydrogen (secondary N) is 2. The molecule has 6 nitrogen and oxygen atoms in total. The molecule has 1 heterocycles. The Hall–Kier alpha value is -1.02. The first kappa shape index (κ1) is 18.0. The molecule has 0 aromatic carbocycles. The van der Waals surface area contributed by atoms with Gasteiger partial charge in [0.25, 0.3) is 10.0 Å². The van der Waals surface area contributed by atoms with Crippen LogP contribution in [0.15, 0.2) is 23.4 Å². The SMILES string of the molecule is COCC(C)CNS(=O)(=O)c1ccc(CNC(C)C)cn1. The van der Waals surface area contributed by atoms with E-state index in [1.165, 1.54) is 6.07 Å². The third kappa shape index (κ3) is 6.52. The molecule has 1 aromatic rings. The fourth-order valence-electron chi connectivity index (χ4n) is 1.67. The zero-order valence-corrected chi connectivity index (χ0v) is 13.9. The molecule has 0 amide bonds. The lowest BCUT2D eigenvalue weighted by Crippen LogP contribution is -2.30. The molecular formula is C14H25N3O3S. The summed E-state index contributed by atoms with van der Waals surface area (Å²) in [5, 5.41) is 3.30. The summed E-state index contributed by atoms with van der Waals surface area (Å²) < 4.78 is 31.7. The monoisotopic (exact) mass is 315 g/mol. The summed E-state index contributed by atoms with van der Waals surface area (Å²) in [6.07, 6.45) is 1.59. The van der Waals surface area contributed by atoms with Gasteiger partial charge in [-0.2, -0.15) is 0 Å². The zero-order chi connectivity index (χ0) is 15.9. The van der Waals surface area contributed by atoms with Crippen molar-refractivity contribution in [3.63, 3.8) is 0 Å². The largest absolute Gasteiger partial charge is 0.384 e. The molecule has 2 N–H and O–H groups in total. The van der Waals surface area contributed by atoms with E-state index in [-0.39, 0.29) is 10.9 Å². The molecule has 1 unspecified atom stereocenters. The second kappa shape index (κ2) is 8.43. The topological polar surface area (TPSA) is 80.3 Å². The molecule has 1 atom stereocenters. The highest BCUT2D eigenvalue weighted by Crippen LogP contribution is 2.07. The summed E-state index contributed by atoms with van der Waals surface area (Å²) in [4.78, 5) is 4.03. The quantitative estimate of drug-likeness (QED) is 0.714. The van der Waals surface area contributed by atoms with Gasteiger partial charge in [-0.1, -0.05) is 26.8 Å². The van der Waals surface area contributed by atoms with Gasteiger partial charge in [0.1, 0.15) is 0 Å². The van der Waals surface area contributed by atoms with Crippen molar-refractivity contribution in [2.24, 2.45) is 5.92 Å². The van der Waals surface area contributed by atoms with Gasteiger partial charge in [-0.25, -0.2) is 18.1 Å². The lowest BCUT2D eigenvalue weighted by molar-refractivity contribution is 0.161. The molecule has 0 spiro atoms. The van der Waals surface area contributed by atoms with Gasteiger partial charge in [0.05, 0.1) is 0 Å². The van der Waals surface area contributed by atoms with Crippen LogP contribution in [0, 0.1) is 5.92 Å². The first-order chi connectivity index (χ1) is 9.85. The summed E-state index contributed by atoms with van der Waals surface area (Å²) in [6, 6.07) is 3.67. The van der Waals surface area contributed by atoms with E-state index in [1.807, 2.05) is 6.92 Å². The Balaban J connectivity index is 2.62. The normalized spacial score (nSPS) is 13.6. The van der Waals surface area contributed by atoms with Gasteiger partial charge in [-0.3, -0.25) is 0 Å². The van der Waals surface area contributed by atoms with Crippen LogP contribution in [-0.4, -0.2) is 39.7 Å². The molecule has 0 aliphatic heterocycles. The molecule has 0 fully saturated rings. The first-order valence-corrected chi connectivity index (χ1v) is 8.50. The molecule has 0 radical (unpaired) electrons. The third-order valence-electron chi connectivity index (χ3n) is 2.86. The van der Waals surface area contributed by atoms with E-state index in [0.29, 0.717) is 25.7 Å². The molecule has 0 saturated heterocycles. The first-order valence-electron chi connectivity index (χ1n) is 7.02. The third-order valence-corrected chi connectivity index (χ3v) is 4.20. The van der Waals surface area contributed by atoms with Gasteiger partial charge in [0.15, 0.2) is 5.03 Å². The van der Waals surface area contributed by atoms with E-state index < -0.39 is 10.0 Å². The molecule has 1 aromatic heterocycles. The summed E-state index contributed by atoms with van der Waals surface area (Å²) in [5.74, 6) is 0.110. The number of aromatic nitrogens is 1. The van der Waals surface area contributed by atoms with E-state index >= 15 is 0 Å². The number of hydrogen-bond donors (Lipinski definition) is 2. The highest BCUT2D eigenvalue weighted by atomic mass is 32.2. The number of methoxy groups -OCH3 is 1. The highest BCUT2D eigenvalue weighted by Gasteiger charge is 2.16. The van der Waals surface area contributed by atoms with Gasteiger partial charge >= 0.3 is 0 Å². The van der Waals surface area contributed by atoms with Crippen molar-refractivity contribution < 1.29 is 13.2 Å². The Morgan fingerprint density at radius 1 is 1.29 bits per heavy atom. The lowest BCUT2D eigenvalue weighted by Gasteiger charge is -2.12. The average molecular weight is 315 g/mol. The molecule has 0 aliphatic rings. The number of ether oxygens (including phenoxy) is 1. The van der Waals surface area contributed by atoms with Crippen LogP contribution >= 0.6 is 0 Å². The number of nitrogens with zero attached hydrogens (tertiary/aromatic N) is 1. The Morgan fingerprint density at radius 2 is 2.00 bits per heavy atom. The van der Waals surface area contributed by atoms with Gasteiger partial charge < -0.3 is 10.1 Å². The van der Waals surface area contributed by atoms with Crippen LogP contribution in [0.1, 0.15) is 26.3 Å². The zero-order valence-electron chi connectivity index (χ0n) is 13.1. The van der Waals surface area contributed by atoms with Crippen molar-refractivity contribution in [2.75, 3.05) is 20.3 Å². The van der Waals surface area contributed by atoms with E-state index in [2.05, 4.69) is 28.9 Å². The fraction of sp³-hybridized carbons (Fsp3) is 0.643. The smallest absolute Gasteiger partial charge is 0.258 e. The molecule has 120 valence electrons. The predicted molar refractivity (Wildman–Crippen MR) is 82.4 cm³/mol. The molecule has 0 aliphatic carbocycles. The van der Waals surface area contributed by atoms with Gasteiger partial charge in [-0.05, 0) is 17.5 Å². The van der Waals surface area contributed by atoms with Crippen molar-refractivity contribution in [2.45, 2.75) is 38.4 Å². The van der Waals surface area contributed by atoms with Crippen LogP contribution in [0.5, 0.6) is 0 Å². The van der Waals surface area contributed by atoms with Crippen LogP contribution in [0.4, 0.5) is 0 Å². The molecule has 7 heteroatoms. The Morgan fingerprint density at radius 3 is 2.52 bits per heavy atom. The second-order valence-corrected chi connectivity index (χ2v) is 7.17. The highest BCUT2D eigenvalue weighted by molar-refractivity contribution is 7.89. The molecule has 0 bridgehead atoms. The van der Waals surface area contributed by atoms with Crippen LogP contribution < -0.4 is 10.0 Å². The number of pyridine rings is 1. The minimum Gasteiger partial charge on any atom is -0.384 e. The summed E-state index contributed by atoms with van der Waals surface area (Å²) in [7, 11) is -1.97. The van der Waals surface area contributed by atoms with Gasteiger partial charge in [0, 0.05) is 39.0 Å². The Kier molecular flexibility index (Phi) is 7.24. The predicted octanol–water partition coefficient (Wildman–Crippen LogP) is 1.14. The minimum atomic E-state index is -3.56. The maximum Gasteiger partial charge on any atom is 0.258 e. The Labute approximate surface area is 127 Å². The number of sulfonamides is 1. The molecule has 21 heavy (non-hydrogen) atoms. The van der Waals surface area contributed by atoms with E-state index in [9.17, 15) is 8.42 Å². The molecule has 0 saturated carbocycles. The second-order valence-electron chi connectivity index (χ2n) is 5.45. The average Bonchev–Trinajstić information content (AvgIpc) is 2.44. The van der Waals surface area contributed by atoms with Crippen molar-refractivity contribution >= 4 is 10.0 Å². The van der Waals surface area contributed by atoms with Crippen molar-refractivity contribution in [3.8, 4) is 0 Å². The minimum absolute atomic E-state index is 0.0420. The molecular weight excluding hydrogens is 290 g/mol. The van der Waals surface area contributed by atoms with Gasteiger partial charge in [-0.15, -0.1) is 0 Å². The Bertz CT molecular complexity index is 515. The summed E-state index contributed by atoms with van der Waals surface area (Å²) >= 11 is 0. The van der Waals surface area contributed by atoms with Crippen molar-refractivity contribution in [1.82, 2.24) is 15.0 Å². The number of hydrogen-bond acceptors (Lipinski definition) is 5. The number of rotatable bonds is 9. The van der Waals surface area contributed by atoms with Crippen LogP contribution in [0.3, 0.4) is 0 Å². The van der Waals surface area contributed by atoms with Crippen molar-refractivity contribution in [3.05, 3.63) is 23.9 Å². The van der Waals surface area contributed by atoms with E-state index in [4.69, 9.17) is 4.74 Å². The maximum absolute atomic E-state index is 12.1. The van der Waals surface area contributed by atoms with Crippen LogP contribution in [-0.2, 0) is 21.3 Å². The van der Waals surface area contributed by atoms with Crippen LogP contribution in [0.25, 0.3) is 0 Å². The van der Waals surface area contributed by atoms with Gasteiger partial charge in [0.2, 0.25) is 0 Å². The standard InChI is InChI=1S/C14H25N3O3S/c1-11(2)15-8-13-5-6-14(16-9-13)21(18,19)17-7-12(3)10-20-4/h5-6,9,11-12,15,17H,7-8,10H2,1-4H3. The lowest BCUT2D eigenvalue weighted by atomic mass is 10.2. The summed E-state index contributed by atoms with van der Waals surface area (Å²) in [5.41, 5.74) is 0.954. The summed E-state index contributed by atoms with van der Waals surface area (Å²) in [6.45, 7) is 7.53. The van der Waals surface area contributed by atoms with Crippen LogP contribution in [0.2, 0.25) is 0 Å². The van der Waals surface area contributed by atoms with E-state index in [1.54, 1.807) is 19.4 Å².